The molecule has 0 saturated carbocycles. The normalized spacial score (nSPS) is 25.7. The number of benzene rings is 1. The molecule has 2 heteroatoms. The van der Waals surface area contributed by atoms with Crippen molar-refractivity contribution in [1.29, 1.82) is 0 Å². The van der Waals surface area contributed by atoms with Gasteiger partial charge in [0, 0.05) is 18.0 Å². The molecule has 0 saturated heterocycles. The van der Waals surface area contributed by atoms with Gasteiger partial charge in [-0.2, -0.15) is 0 Å². The summed E-state index contributed by atoms with van der Waals surface area (Å²) in [7, 11) is 0. The quantitative estimate of drug-likeness (QED) is 0.744. The Kier molecular flexibility index (Phi) is 2.44. The highest BCUT2D eigenvalue weighted by atomic mass is 16.5. The maximum atomic E-state index is 6.28. The number of fused-ring (bicyclic) bond motifs is 2. The Hall–Kier alpha value is -1.02. The third-order valence-electron chi connectivity index (χ3n) is 3.97. The lowest BCUT2D eigenvalue weighted by molar-refractivity contribution is 0.0727. The SMILES string of the molecule is CC1(C)CC(N)c2cc3c(cc2O1)CCCC3. The van der Waals surface area contributed by atoms with Gasteiger partial charge in [-0.3, -0.25) is 0 Å². The summed E-state index contributed by atoms with van der Waals surface area (Å²) >= 11 is 0. The largest absolute Gasteiger partial charge is 0.487 e. The van der Waals surface area contributed by atoms with Crippen LogP contribution in [0.4, 0.5) is 0 Å². The van der Waals surface area contributed by atoms with Crippen LogP contribution in [0.1, 0.15) is 55.8 Å². The molecular weight excluding hydrogens is 210 g/mol. The molecule has 0 bridgehead atoms. The highest BCUT2D eigenvalue weighted by Gasteiger charge is 2.32. The first-order valence-corrected chi connectivity index (χ1v) is 6.65. The summed E-state index contributed by atoms with van der Waals surface area (Å²) in [5.41, 5.74) is 10.3. The van der Waals surface area contributed by atoms with Gasteiger partial charge in [0.15, 0.2) is 0 Å². The van der Waals surface area contributed by atoms with Gasteiger partial charge in [0.25, 0.3) is 0 Å². The molecule has 0 fully saturated rings. The van der Waals surface area contributed by atoms with Gasteiger partial charge in [0.1, 0.15) is 11.4 Å². The van der Waals surface area contributed by atoms with E-state index in [9.17, 15) is 0 Å². The van der Waals surface area contributed by atoms with E-state index in [2.05, 4.69) is 26.0 Å². The zero-order valence-corrected chi connectivity index (χ0v) is 10.8. The van der Waals surface area contributed by atoms with Crippen molar-refractivity contribution >= 4 is 0 Å². The van der Waals surface area contributed by atoms with Crippen molar-refractivity contribution in [2.24, 2.45) is 5.73 Å². The molecular formula is C15H21NO. The molecule has 1 aliphatic heterocycles. The highest BCUT2D eigenvalue weighted by molar-refractivity contribution is 5.46. The second-order valence-electron chi connectivity index (χ2n) is 6.04. The summed E-state index contributed by atoms with van der Waals surface area (Å²) in [6, 6.07) is 4.66. The van der Waals surface area contributed by atoms with Crippen molar-refractivity contribution in [1.82, 2.24) is 0 Å². The minimum atomic E-state index is -0.130. The van der Waals surface area contributed by atoms with Gasteiger partial charge >= 0.3 is 0 Å². The van der Waals surface area contributed by atoms with Crippen LogP contribution in [0, 0.1) is 0 Å². The summed E-state index contributed by atoms with van der Waals surface area (Å²) in [4.78, 5) is 0. The van der Waals surface area contributed by atoms with Crippen LogP contribution in [-0.2, 0) is 12.8 Å². The van der Waals surface area contributed by atoms with Crippen LogP contribution in [0.15, 0.2) is 12.1 Å². The number of hydrogen-bond donors (Lipinski definition) is 1. The molecule has 1 aromatic rings. The Labute approximate surface area is 103 Å². The molecule has 2 nitrogen and oxygen atoms in total. The Morgan fingerprint density at radius 1 is 1.18 bits per heavy atom. The van der Waals surface area contributed by atoms with Crippen LogP contribution < -0.4 is 10.5 Å². The van der Waals surface area contributed by atoms with Crippen molar-refractivity contribution in [2.75, 3.05) is 0 Å². The lowest BCUT2D eigenvalue weighted by Gasteiger charge is -2.37. The molecule has 1 atom stereocenters. The second-order valence-corrected chi connectivity index (χ2v) is 6.04. The number of rotatable bonds is 0. The monoisotopic (exact) mass is 231 g/mol. The molecule has 1 aliphatic carbocycles. The van der Waals surface area contributed by atoms with Crippen molar-refractivity contribution in [3.8, 4) is 5.75 Å². The van der Waals surface area contributed by atoms with E-state index in [4.69, 9.17) is 10.5 Å². The third-order valence-corrected chi connectivity index (χ3v) is 3.97. The van der Waals surface area contributed by atoms with Crippen molar-refractivity contribution < 1.29 is 4.74 Å². The first-order chi connectivity index (χ1) is 8.05. The predicted octanol–water partition coefficient (Wildman–Crippen LogP) is 3.13. The van der Waals surface area contributed by atoms with E-state index in [1.165, 1.54) is 42.4 Å². The standard InChI is InChI=1S/C15H21NO/c1-15(2)9-13(16)12-7-10-5-3-4-6-11(10)8-14(12)17-15/h7-8,13H,3-6,9,16H2,1-2H3. The van der Waals surface area contributed by atoms with Crippen LogP contribution >= 0.6 is 0 Å². The van der Waals surface area contributed by atoms with Gasteiger partial charge in [0.2, 0.25) is 0 Å². The van der Waals surface area contributed by atoms with Gasteiger partial charge in [-0.25, -0.2) is 0 Å². The molecule has 0 aromatic heterocycles. The van der Waals surface area contributed by atoms with E-state index in [0.29, 0.717) is 0 Å². The summed E-state index contributed by atoms with van der Waals surface area (Å²) in [6.07, 6.45) is 5.92. The Morgan fingerprint density at radius 3 is 2.53 bits per heavy atom. The minimum Gasteiger partial charge on any atom is -0.487 e. The van der Waals surface area contributed by atoms with Gasteiger partial charge in [-0.1, -0.05) is 6.07 Å². The average Bonchev–Trinajstić information content (AvgIpc) is 2.25. The fraction of sp³-hybridized carbons (Fsp3) is 0.600. The lowest BCUT2D eigenvalue weighted by Crippen LogP contribution is -2.37. The molecule has 1 unspecified atom stereocenters. The molecule has 17 heavy (non-hydrogen) atoms. The topological polar surface area (TPSA) is 35.2 Å². The molecule has 0 radical (unpaired) electrons. The molecule has 0 amide bonds. The second kappa shape index (κ2) is 3.74. The van der Waals surface area contributed by atoms with E-state index >= 15 is 0 Å². The van der Waals surface area contributed by atoms with E-state index in [0.717, 1.165) is 12.2 Å². The van der Waals surface area contributed by atoms with Crippen molar-refractivity contribution in [3.63, 3.8) is 0 Å². The molecule has 3 rings (SSSR count). The summed E-state index contributed by atoms with van der Waals surface area (Å²) in [5, 5.41) is 0. The first-order valence-electron chi connectivity index (χ1n) is 6.65. The van der Waals surface area contributed by atoms with Gasteiger partial charge in [-0.05, 0) is 56.7 Å². The summed E-state index contributed by atoms with van der Waals surface area (Å²) < 4.78 is 6.08. The Morgan fingerprint density at radius 2 is 1.82 bits per heavy atom. The maximum Gasteiger partial charge on any atom is 0.125 e. The molecule has 2 aliphatic rings. The van der Waals surface area contributed by atoms with Crippen molar-refractivity contribution in [2.45, 2.75) is 57.6 Å². The Bertz CT molecular complexity index is 450. The molecule has 0 spiro atoms. The van der Waals surface area contributed by atoms with Crippen LogP contribution in [0.2, 0.25) is 0 Å². The molecule has 1 aromatic carbocycles. The minimum absolute atomic E-state index is 0.126. The number of nitrogens with two attached hydrogens (primary N) is 1. The third kappa shape index (κ3) is 1.95. The maximum absolute atomic E-state index is 6.28. The van der Waals surface area contributed by atoms with Crippen LogP contribution in [0.25, 0.3) is 0 Å². The average molecular weight is 231 g/mol. The molecule has 1 heterocycles. The zero-order valence-electron chi connectivity index (χ0n) is 10.8. The van der Waals surface area contributed by atoms with Crippen LogP contribution in [0.3, 0.4) is 0 Å². The number of ether oxygens (including phenoxy) is 1. The molecule has 2 N–H and O–H groups in total. The fourth-order valence-electron chi connectivity index (χ4n) is 3.14. The predicted molar refractivity (Wildman–Crippen MR) is 69.3 cm³/mol. The number of hydrogen-bond acceptors (Lipinski definition) is 2. The van der Waals surface area contributed by atoms with Gasteiger partial charge in [-0.15, -0.1) is 0 Å². The summed E-state index contributed by atoms with van der Waals surface area (Å²) in [5.74, 6) is 1.02. The Balaban J connectivity index is 2.07. The van der Waals surface area contributed by atoms with E-state index < -0.39 is 0 Å². The smallest absolute Gasteiger partial charge is 0.125 e. The zero-order chi connectivity index (χ0) is 12.0. The van der Waals surface area contributed by atoms with Crippen LogP contribution in [-0.4, -0.2) is 5.60 Å². The van der Waals surface area contributed by atoms with Gasteiger partial charge in [0.05, 0.1) is 0 Å². The van der Waals surface area contributed by atoms with E-state index in [1.54, 1.807) is 0 Å². The van der Waals surface area contributed by atoms with Crippen molar-refractivity contribution in [3.05, 3.63) is 28.8 Å². The van der Waals surface area contributed by atoms with Gasteiger partial charge < -0.3 is 10.5 Å². The molecule has 92 valence electrons. The summed E-state index contributed by atoms with van der Waals surface area (Å²) in [6.45, 7) is 4.24. The fourth-order valence-corrected chi connectivity index (χ4v) is 3.14. The van der Waals surface area contributed by atoms with Crippen LogP contribution in [0.5, 0.6) is 5.75 Å². The first kappa shape index (κ1) is 11.1. The van der Waals surface area contributed by atoms with E-state index in [1.807, 2.05) is 0 Å². The van der Waals surface area contributed by atoms with E-state index in [-0.39, 0.29) is 11.6 Å². The highest BCUT2D eigenvalue weighted by Crippen LogP contribution is 2.40. The lowest BCUT2D eigenvalue weighted by atomic mass is 9.84. The number of aryl methyl sites for hydroxylation is 2.